The van der Waals surface area contributed by atoms with Gasteiger partial charge in [-0.05, 0) is 109 Å². The molecule has 1 fully saturated rings. The maximum atomic E-state index is 14.1. The van der Waals surface area contributed by atoms with E-state index in [4.69, 9.17) is 23.7 Å². The van der Waals surface area contributed by atoms with Crippen molar-refractivity contribution in [3.05, 3.63) is 42.0 Å². The van der Waals surface area contributed by atoms with E-state index in [9.17, 15) is 28.8 Å². The first kappa shape index (κ1) is 45.9. The first-order valence-electron chi connectivity index (χ1n) is 18.2. The van der Waals surface area contributed by atoms with Crippen molar-refractivity contribution in [3.8, 4) is 0 Å². The summed E-state index contributed by atoms with van der Waals surface area (Å²) in [4.78, 5) is 82.5. The largest absolute Gasteiger partial charge is 0.462 e. The minimum absolute atomic E-state index is 0.368. The highest BCUT2D eigenvalue weighted by molar-refractivity contribution is 5.87. The van der Waals surface area contributed by atoms with E-state index in [0.29, 0.717) is 6.41 Å². The molecule has 0 bridgehead atoms. The van der Waals surface area contributed by atoms with Gasteiger partial charge in [0.25, 0.3) is 0 Å². The Kier molecular flexibility index (Phi) is 14.8. The molecule has 1 aromatic carbocycles. The van der Waals surface area contributed by atoms with E-state index < -0.39 is 100 Å². The number of hydrogen-bond acceptors (Lipinski definition) is 11. The number of amides is 2. The van der Waals surface area contributed by atoms with Crippen LogP contribution in [0.1, 0.15) is 109 Å². The second-order valence-corrected chi connectivity index (χ2v) is 18.8. The fraction of sp³-hybridized carbons (Fsp3) is 0.659. The van der Waals surface area contributed by atoms with Crippen molar-refractivity contribution in [2.45, 2.75) is 146 Å². The van der Waals surface area contributed by atoms with Crippen molar-refractivity contribution in [1.29, 1.82) is 0 Å². The molecular weight excluding hydrogens is 696 g/mol. The summed E-state index contributed by atoms with van der Waals surface area (Å²) in [7, 11) is 0. The molecule has 0 saturated carbocycles. The normalized spacial score (nSPS) is 21.7. The van der Waals surface area contributed by atoms with Crippen LogP contribution in [-0.2, 0) is 52.5 Å². The molecule has 1 saturated heterocycles. The van der Waals surface area contributed by atoms with Crippen LogP contribution in [0.25, 0.3) is 6.08 Å². The fourth-order valence-electron chi connectivity index (χ4n) is 4.76. The van der Waals surface area contributed by atoms with Gasteiger partial charge >= 0.3 is 23.9 Å². The highest BCUT2D eigenvalue weighted by Crippen LogP contribution is 2.36. The third-order valence-corrected chi connectivity index (χ3v) is 7.94. The van der Waals surface area contributed by atoms with Crippen LogP contribution in [-0.4, -0.2) is 89.9 Å². The summed E-state index contributed by atoms with van der Waals surface area (Å²) in [5, 5.41) is 2.89. The zero-order chi connectivity index (χ0) is 41.6. The molecule has 302 valence electrons. The highest BCUT2D eigenvalue weighted by atomic mass is 16.7. The lowest BCUT2D eigenvalue weighted by Gasteiger charge is -2.49. The Morgan fingerprint density at radius 3 is 1.56 bits per heavy atom. The van der Waals surface area contributed by atoms with Gasteiger partial charge in [-0.15, -0.1) is 0 Å². The summed E-state index contributed by atoms with van der Waals surface area (Å²) in [6, 6.07) is 7.68. The molecule has 13 nitrogen and oxygen atoms in total. The first-order valence-corrected chi connectivity index (χ1v) is 18.2. The second-order valence-electron chi connectivity index (χ2n) is 18.8. The molecule has 6 atom stereocenters. The van der Waals surface area contributed by atoms with Gasteiger partial charge in [0, 0.05) is 5.54 Å². The van der Waals surface area contributed by atoms with E-state index in [1.165, 1.54) is 6.08 Å². The number of esters is 4. The summed E-state index contributed by atoms with van der Waals surface area (Å²) in [5.74, 6) is -3.46. The SMILES string of the molecule is CC(C)(C)NC(=O)[C@@H](/C=C/c1ccccc1)N(C=O)[C@@H]1OC(COC(=O)C(C)(C)C)[C@H](OC(=O)C(C)(C)C)C(OC(=O)C(C)(C)C)C1OC(=O)C(C)(C)C. The Hall–Kier alpha value is -4.26. The third-order valence-electron chi connectivity index (χ3n) is 7.94. The van der Waals surface area contributed by atoms with Gasteiger partial charge in [-0.25, -0.2) is 0 Å². The summed E-state index contributed by atoms with van der Waals surface area (Å²) in [5.41, 5.74) is -4.24. The third kappa shape index (κ3) is 13.2. The lowest BCUT2D eigenvalue weighted by atomic mass is 9.92. The molecule has 1 aliphatic heterocycles. The summed E-state index contributed by atoms with van der Waals surface area (Å²) in [6.45, 7) is 24.3. The molecule has 2 rings (SSSR count). The summed E-state index contributed by atoms with van der Waals surface area (Å²) >= 11 is 0. The van der Waals surface area contributed by atoms with Crippen molar-refractivity contribution in [3.63, 3.8) is 0 Å². The lowest BCUT2D eigenvalue weighted by molar-refractivity contribution is -0.281. The van der Waals surface area contributed by atoms with E-state index in [1.807, 2.05) is 18.2 Å². The summed E-state index contributed by atoms with van der Waals surface area (Å²) in [6.07, 6.45) is -4.31. The smallest absolute Gasteiger partial charge is 0.311 e. The zero-order valence-electron chi connectivity index (χ0n) is 34.7. The van der Waals surface area contributed by atoms with Crippen LogP contribution in [0, 0.1) is 21.7 Å². The quantitative estimate of drug-likeness (QED) is 0.169. The Morgan fingerprint density at radius 1 is 0.685 bits per heavy atom. The second kappa shape index (κ2) is 17.5. The van der Waals surface area contributed by atoms with E-state index in [-0.39, 0.29) is 0 Å². The predicted molar refractivity (Wildman–Crippen MR) is 202 cm³/mol. The fourth-order valence-corrected chi connectivity index (χ4v) is 4.76. The van der Waals surface area contributed by atoms with Crippen LogP contribution in [0.2, 0.25) is 0 Å². The van der Waals surface area contributed by atoms with Gasteiger partial charge in [-0.2, -0.15) is 0 Å². The van der Waals surface area contributed by atoms with Crippen LogP contribution in [0.5, 0.6) is 0 Å². The number of rotatable bonds is 11. The average molecular weight is 759 g/mol. The molecule has 1 heterocycles. The molecule has 1 N–H and O–H groups in total. The van der Waals surface area contributed by atoms with Crippen molar-refractivity contribution in [2.24, 2.45) is 21.7 Å². The van der Waals surface area contributed by atoms with Gasteiger partial charge in [0.2, 0.25) is 12.3 Å². The molecule has 0 spiro atoms. The monoisotopic (exact) mass is 758 g/mol. The Balaban J connectivity index is 2.97. The van der Waals surface area contributed by atoms with Crippen molar-refractivity contribution in [2.75, 3.05) is 6.61 Å². The van der Waals surface area contributed by atoms with Crippen molar-refractivity contribution in [1.82, 2.24) is 10.2 Å². The number of ether oxygens (including phenoxy) is 5. The molecule has 3 unspecified atom stereocenters. The number of nitrogens with zero attached hydrogens (tertiary/aromatic N) is 1. The van der Waals surface area contributed by atoms with Crippen LogP contribution in [0.3, 0.4) is 0 Å². The number of hydrogen-bond donors (Lipinski definition) is 1. The van der Waals surface area contributed by atoms with E-state index in [1.54, 1.807) is 122 Å². The van der Waals surface area contributed by atoms with Gasteiger partial charge < -0.3 is 33.9 Å². The number of nitrogens with one attached hydrogen (secondary N) is 1. The molecule has 2 amide bonds. The maximum Gasteiger partial charge on any atom is 0.311 e. The minimum Gasteiger partial charge on any atom is -0.462 e. The van der Waals surface area contributed by atoms with E-state index in [0.717, 1.165) is 10.5 Å². The van der Waals surface area contributed by atoms with Crippen LogP contribution < -0.4 is 5.32 Å². The van der Waals surface area contributed by atoms with Gasteiger partial charge in [-0.3, -0.25) is 28.8 Å². The Labute approximate surface area is 320 Å². The van der Waals surface area contributed by atoms with E-state index >= 15 is 0 Å². The maximum absolute atomic E-state index is 14.1. The average Bonchev–Trinajstić information content (AvgIpc) is 3.01. The predicted octanol–water partition coefficient (Wildman–Crippen LogP) is 5.63. The topological polar surface area (TPSA) is 164 Å². The molecule has 0 aromatic heterocycles. The van der Waals surface area contributed by atoms with Crippen molar-refractivity contribution < 1.29 is 52.5 Å². The molecule has 0 radical (unpaired) electrons. The lowest BCUT2D eigenvalue weighted by Crippen LogP contribution is -2.69. The van der Waals surface area contributed by atoms with Crippen LogP contribution in [0.15, 0.2) is 36.4 Å². The Morgan fingerprint density at radius 2 is 1.13 bits per heavy atom. The first-order chi connectivity index (χ1) is 24.5. The number of benzene rings is 1. The van der Waals surface area contributed by atoms with Gasteiger partial charge in [-0.1, -0.05) is 42.5 Å². The molecule has 1 aromatic rings. The highest BCUT2D eigenvalue weighted by Gasteiger charge is 2.57. The van der Waals surface area contributed by atoms with Crippen molar-refractivity contribution >= 4 is 42.3 Å². The summed E-state index contributed by atoms with van der Waals surface area (Å²) < 4.78 is 30.4. The molecule has 54 heavy (non-hydrogen) atoms. The zero-order valence-corrected chi connectivity index (χ0v) is 34.7. The van der Waals surface area contributed by atoms with Gasteiger partial charge in [0.1, 0.15) is 18.8 Å². The van der Waals surface area contributed by atoms with E-state index in [2.05, 4.69) is 5.32 Å². The van der Waals surface area contributed by atoms with Gasteiger partial charge in [0.05, 0.1) is 21.7 Å². The number of carbonyl (C=O) groups is 6. The standard InChI is InChI=1S/C41H62N2O11/c1-37(2,3)33(46)50-23-27-28(52-34(47)38(4,5)6)29(53-35(48)39(7,8)9)30(54-36(49)40(10,11)12)32(51-27)43(24-44)26(31(45)42-41(13,14)15)22-21-25-19-17-16-18-20-25/h16-22,24,26-30,32H,23H2,1-15H3,(H,42,45)/b22-21+/t26-,27?,28+,29?,30?,32-/m1/s1. The minimum atomic E-state index is -1.66. The van der Waals surface area contributed by atoms with Gasteiger partial charge in [0.15, 0.2) is 24.5 Å². The van der Waals surface area contributed by atoms with Crippen LogP contribution in [0.4, 0.5) is 0 Å². The molecule has 1 aliphatic rings. The molecule has 13 heteroatoms. The number of carbonyl (C=O) groups excluding carboxylic acids is 6. The molecule has 0 aliphatic carbocycles. The van der Waals surface area contributed by atoms with Crippen LogP contribution >= 0.6 is 0 Å². The Bertz CT molecular complexity index is 1520. The molecular formula is C41H62N2O11.